The number of piperidine rings is 1. The highest BCUT2D eigenvalue weighted by Crippen LogP contribution is 2.33. The first-order valence-corrected chi connectivity index (χ1v) is 13.2. The number of nitrogens with zero attached hydrogens (tertiary/aromatic N) is 5. The highest BCUT2D eigenvalue weighted by atomic mass is 16.6. The molecule has 0 atom stereocenters. The Morgan fingerprint density at radius 1 is 0.972 bits per heavy atom. The highest BCUT2D eigenvalue weighted by Gasteiger charge is 2.34. The van der Waals surface area contributed by atoms with Crippen molar-refractivity contribution in [2.45, 2.75) is 65.9 Å². The topological polar surface area (TPSA) is 70.9 Å². The summed E-state index contributed by atoms with van der Waals surface area (Å²) in [5, 5.41) is 4.74. The second kappa shape index (κ2) is 10.6. The number of ether oxygens (including phenoxy) is 1. The van der Waals surface area contributed by atoms with Crippen LogP contribution in [-0.4, -0.2) is 87.9 Å². The summed E-state index contributed by atoms with van der Waals surface area (Å²) in [5.41, 5.74) is 4.52. The summed E-state index contributed by atoms with van der Waals surface area (Å²) in [5.74, 6) is 0.189. The normalized spacial score (nSPS) is 17.9. The Hall–Kier alpha value is -2.87. The fourth-order valence-electron chi connectivity index (χ4n) is 5.08. The quantitative estimate of drug-likeness (QED) is 0.630. The van der Waals surface area contributed by atoms with Gasteiger partial charge < -0.3 is 19.4 Å². The minimum absolute atomic E-state index is 0.0606. The zero-order chi connectivity index (χ0) is 26.0. The van der Waals surface area contributed by atoms with Crippen molar-refractivity contribution in [1.82, 2.24) is 24.5 Å². The second-order valence-corrected chi connectivity index (χ2v) is 11.1. The van der Waals surface area contributed by atoms with E-state index in [-0.39, 0.29) is 17.9 Å². The minimum Gasteiger partial charge on any atom is -0.444 e. The van der Waals surface area contributed by atoms with Crippen LogP contribution in [0.4, 0.5) is 4.79 Å². The van der Waals surface area contributed by atoms with Gasteiger partial charge in [-0.3, -0.25) is 4.79 Å². The first-order chi connectivity index (χ1) is 17.1. The third-order valence-corrected chi connectivity index (χ3v) is 7.41. The molecule has 2 fully saturated rings. The number of rotatable bonds is 4. The molecule has 2 aromatic rings. The van der Waals surface area contributed by atoms with Crippen molar-refractivity contribution in [2.75, 3.05) is 45.8 Å². The molecule has 0 spiro atoms. The fraction of sp³-hybridized carbons (Fsp3) is 0.607. The van der Waals surface area contributed by atoms with Crippen molar-refractivity contribution in [2.24, 2.45) is 0 Å². The summed E-state index contributed by atoms with van der Waals surface area (Å²) >= 11 is 0. The van der Waals surface area contributed by atoms with Gasteiger partial charge in [0.1, 0.15) is 5.60 Å². The average Bonchev–Trinajstić information content (AvgIpc) is 3.29. The lowest BCUT2D eigenvalue weighted by Crippen LogP contribution is -2.48. The Balaban J connectivity index is 1.61. The van der Waals surface area contributed by atoms with E-state index in [0.29, 0.717) is 18.7 Å². The van der Waals surface area contributed by atoms with E-state index in [0.717, 1.165) is 56.9 Å². The Morgan fingerprint density at radius 2 is 1.64 bits per heavy atom. The molecule has 8 heteroatoms. The third-order valence-electron chi connectivity index (χ3n) is 7.41. The van der Waals surface area contributed by atoms with Crippen LogP contribution in [0.2, 0.25) is 0 Å². The molecule has 2 aliphatic heterocycles. The lowest BCUT2D eigenvalue weighted by Gasteiger charge is -2.35. The van der Waals surface area contributed by atoms with Gasteiger partial charge in [0.15, 0.2) is 0 Å². The third kappa shape index (κ3) is 5.75. The number of aromatic nitrogens is 2. The number of amides is 2. The molecule has 0 unspecified atom stereocenters. The maximum Gasteiger partial charge on any atom is 0.410 e. The summed E-state index contributed by atoms with van der Waals surface area (Å²) in [6.07, 6.45) is 3.01. The summed E-state index contributed by atoms with van der Waals surface area (Å²) in [7, 11) is 0. The van der Waals surface area contributed by atoms with Crippen molar-refractivity contribution in [1.29, 1.82) is 0 Å². The Kier molecular flexibility index (Phi) is 7.73. The van der Waals surface area contributed by atoms with Gasteiger partial charge in [-0.05, 0) is 77.3 Å². The standard InChI is InChI=1S/C28H41N5O3/c1-7-30-14-16-31(17-15-30)26(34)24-19-29-33(23-9-8-20(2)21(3)18-23)25(24)22-10-12-32(13-11-22)27(35)36-28(4,5)6/h8-9,18-19,22H,7,10-17H2,1-6H3. The van der Waals surface area contributed by atoms with E-state index in [1.165, 1.54) is 11.1 Å². The van der Waals surface area contributed by atoms with E-state index in [9.17, 15) is 9.59 Å². The monoisotopic (exact) mass is 495 g/mol. The summed E-state index contributed by atoms with van der Waals surface area (Å²) < 4.78 is 7.54. The zero-order valence-electron chi connectivity index (χ0n) is 22.7. The number of carbonyl (C=O) groups is 2. The number of aryl methyl sites for hydroxylation is 2. The maximum atomic E-state index is 13.7. The minimum atomic E-state index is -0.517. The molecule has 3 heterocycles. The van der Waals surface area contributed by atoms with E-state index in [1.807, 2.05) is 30.4 Å². The molecule has 196 valence electrons. The average molecular weight is 496 g/mol. The van der Waals surface area contributed by atoms with Gasteiger partial charge in [0.25, 0.3) is 5.91 Å². The van der Waals surface area contributed by atoms with Gasteiger partial charge in [-0.1, -0.05) is 13.0 Å². The molecular formula is C28H41N5O3. The number of benzene rings is 1. The number of carbonyl (C=O) groups excluding carboxylic acids is 2. The Morgan fingerprint density at radius 3 is 2.22 bits per heavy atom. The van der Waals surface area contributed by atoms with Crippen molar-refractivity contribution >= 4 is 12.0 Å². The predicted octanol–water partition coefficient (Wildman–Crippen LogP) is 4.38. The summed E-state index contributed by atoms with van der Waals surface area (Å²) in [4.78, 5) is 32.5. The van der Waals surface area contributed by atoms with E-state index >= 15 is 0 Å². The fourth-order valence-corrected chi connectivity index (χ4v) is 5.08. The van der Waals surface area contributed by atoms with Gasteiger partial charge in [-0.2, -0.15) is 5.10 Å². The van der Waals surface area contributed by atoms with Crippen molar-refractivity contribution in [3.63, 3.8) is 0 Å². The molecule has 0 bridgehead atoms. The Bertz CT molecular complexity index is 1090. The molecule has 0 saturated carbocycles. The zero-order valence-corrected chi connectivity index (χ0v) is 22.7. The van der Waals surface area contributed by atoms with E-state index in [2.05, 4.69) is 43.9 Å². The first-order valence-electron chi connectivity index (χ1n) is 13.2. The van der Waals surface area contributed by atoms with Crippen LogP contribution >= 0.6 is 0 Å². The SMILES string of the molecule is CCN1CCN(C(=O)c2cnn(-c3ccc(C)c(C)c3)c2C2CCN(C(=O)OC(C)(C)C)CC2)CC1. The molecule has 1 aromatic heterocycles. The molecule has 0 aliphatic carbocycles. The number of likely N-dealkylation sites (tertiary alicyclic amines) is 1. The number of hydrogen-bond donors (Lipinski definition) is 0. The van der Waals surface area contributed by atoms with Crippen LogP contribution in [-0.2, 0) is 4.74 Å². The van der Waals surface area contributed by atoms with Gasteiger partial charge in [0.05, 0.1) is 23.1 Å². The van der Waals surface area contributed by atoms with Crippen LogP contribution in [0, 0.1) is 13.8 Å². The Labute approximate surface area is 215 Å². The van der Waals surface area contributed by atoms with Crippen molar-refractivity contribution in [3.8, 4) is 5.69 Å². The van der Waals surface area contributed by atoms with Gasteiger partial charge in [-0.25, -0.2) is 9.48 Å². The molecule has 8 nitrogen and oxygen atoms in total. The molecular weight excluding hydrogens is 454 g/mol. The highest BCUT2D eigenvalue weighted by molar-refractivity contribution is 5.95. The number of piperazine rings is 1. The largest absolute Gasteiger partial charge is 0.444 e. The molecule has 2 amide bonds. The van der Waals surface area contributed by atoms with Crippen LogP contribution in [0.15, 0.2) is 24.4 Å². The van der Waals surface area contributed by atoms with Crippen LogP contribution in [0.25, 0.3) is 5.69 Å². The summed E-state index contributed by atoms with van der Waals surface area (Å²) in [6.45, 7) is 17.5. The smallest absolute Gasteiger partial charge is 0.410 e. The van der Waals surface area contributed by atoms with Crippen LogP contribution in [0.5, 0.6) is 0 Å². The molecule has 0 N–H and O–H groups in total. The van der Waals surface area contributed by atoms with Gasteiger partial charge in [-0.15, -0.1) is 0 Å². The molecule has 1 aromatic carbocycles. The van der Waals surface area contributed by atoms with Gasteiger partial charge >= 0.3 is 6.09 Å². The van der Waals surface area contributed by atoms with Gasteiger partial charge in [0, 0.05) is 45.2 Å². The van der Waals surface area contributed by atoms with E-state index in [4.69, 9.17) is 9.84 Å². The molecule has 36 heavy (non-hydrogen) atoms. The first kappa shape index (κ1) is 26.2. The van der Waals surface area contributed by atoms with Crippen molar-refractivity contribution in [3.05, 3.63) is 46.8 Å². The van der Waals surface area contributed by atoms with Crippen LogP contribution in [0.3, 0.4) is 0 Å². The summed E-state index contributed by atoms with van der Waals surface area (Å²) in [6, 6.07) is 6.31. The maximum absolute atomic E-state index is 13.7. The lowest BCUT2D eigenvalue weighted by molar-refractivity contribution is 0.0202. The van der Waals surface area contributed by atoms with E-state index < -0.39 is 5.60 Å². The number of likely N-dealkylation sites (N-methyl/N-ethyl adjacent to an activating group) is 1. The van der Waals surface area contributed by atoms with Crippen LogP contribution in [0.1, 0.15) is 73.6 Å². The predicted molar refractivity (Wildman–Crippen MR) is 141 cm³/mol. The molecule has 2 saturated heterocycles. The van der Waals surface area contributed by atoms with E-state index in [1.54, 1.807) is 11.1 Å². The lowest BCUT2D eigenvalue weighted by atomic mass is 9.90. The molecule has 0 radical (unpaired) electrons. The molecule has 2 aliphatic rings. The molecule has 4 rings (SSSR count). The van der Waals surface area contributed by atoms with Gasteiger partial charge in [0.2, 0.25) is 0 Å². The van der Waals surface area contributed by atoms with Crippen LogP contribution < -0.4 is 0 Å². The number of hydrogen-bond acceptors (Lipinski definition) is 5. The van der Waals surface area contributed by atoms with Crippen molar-refractivity contribution < 1.29 is 14.3 Å². The second-order valence-electron chi connectivity index (χ2n) is 11.1.